The van der Waals surface area contributed by atoms with E-state index in [9.17, 15) is 4.79 Å². The monoisotopic (exact) mass is 200 g/mol. The quantitative estimate of drug-likeness (QED) is 0.813. The van der Waals surface area contributed by atoms with Crippen molar-refractivity contribution in [2.75, 3.05) is 6.61 Å². The first-order valence-corrected chi connectivity index (χ1v) is 4.07. The second-order valence-electron chi connectivity index (χ2n) is 2.65. The number of rotatable bonds is 3. The topological polar surface area (TPSA) is 46.5 Å². The lowest BCUT2D eigenvalue weighted by atomic mass is 10.2. The van der Waals surface area contributed by atoms with Crippen molar-refractivity contribution in [1.82, 2.24) is 0 Å². The number of carboxylic acids is 1. The van der Waals surface area contributed by atoms with Crippen LogP contribution in [-0.2, 0) is 4.79 Å². The van der Waals surface area contributed by atoms with E-state index in [1.807, 2.05) is 6.92 Å². The first kappa shape index (κ1) is 9.86. The highest BCUT2D eigenvalue weighted by Crippen LogP contribution is 2.20. The molecule has 0 unspecified atom stereocenters. The number of ether oxygens (including phenoxy) is 1. The lowest BCUT2D eigenvalue weighted by Gasteiger charge is -2.04. The highest BCUT2D eigenvalue weighted by Gasteiger charge is 2.00. The molecule has 0 saturated heterocycles. The highest BCUT2D eigenvalue weighted by molar-refractivity contribution is 6.30. The van der Waals surface area contributed by atoms with E-state index in [-0.39, 0.29) is 6.61 Å². The fraction of sp³-hybridized carbons (Fsp3) is 0.222. The lowest BCUT2D eigenvalue weighted by molar-refractivity contribution is -0.139. The molecule has 1 rings (SSSR count). The van der Waals surface area contributed by atoms with Crippen molar-refractivity contribution in [3.63, 3.8) is 0 Å². The first-order chi connectivity index (χ1) is 6.08. The molecule has 13 heavy (non-hydrogen) atoms. The van der Waals surface area contributed by atoms with Crippen molar-refractivity contribution in [1.29, 1.82) is 0 Å². The van der Waals surface area contributed by atoms with Crippen LogP contribution in [0.5, 0.6) is 5.75 Å². The van der Waals surface area contributed by atoms with E-state index >= 15 is 0 Å². The van der Waals surface area contributed by atoms with Crippen LogP contribution in [0.3, 0.4) is 0 Å². The highest BCUT2D eigenvalue weighted by atomic mass is 35.5. The summed E-state index contributed by atoms with van der Waals surface area (Å²) in [6.07, 6.45) is 0. The van der Waals surface area contributed by atoms with Crippen molar-refractivity contribution in [2.24, 2.45) is 0 Å². The van der Waals surface area contributed by atoms with Crippen LogP contribution in [0.15, 0.2) is 18.2 Å². The van der Waals surface area contributed by atoms with Gasteiger partial charge in [-0.2, -0.15) is 0 Å². The Balaban J connectivity index is 2.71. The molecule has 0 aromatic heterocycles. The minimum absolute atomic E-state index is 0.347. The average molecular weight is 201 g/mol. The molecule has 0 fully saturated rings. The molecule has 70 valence electrons. The molecule has 0 aliphatic carbocycles. The minimum Gasteiger partial charge on any atom is -0.482 e. The van der Waals surface area contributed by atoms with Crippen molar-refractivity contribution >= 4 is 17.6 Å². The molecular formula is C9H9ClO3. The van der Waals surface area contributed by atoms with Crippen LogP contribution in [0.1, 0.15) is 5.56 Å². The molecule has 0 bridgehead atoms. The summed E-state index contributed by atoms with van der Waals surface area (Å²) in [5, 5.41) is 8.90. The Labute approximate surface area is 80.9 Å². The van der Waals surface area contributed by atoms with E-state index < -0.39 is 5.97 Å². The number of aliphatic carboxylic acids is 1. The number of aryl methyl sites for hydroxylation is 1. The van der Waals surface area contributed by atoms with Gasteiger partial charge in [-0.05, 0) is 30.7 Å². The smallest absolute Gasteiger partial charge is 0.341 e. The standard InChI is InChI=1S/C9H9ClO3/c1-6-2-7(10)4-8(3-6)13-5-9(11)12/h2-4H,5H2,1H3,(H,11,12). The molecule has 1 N–H and O–H groups in total. The summed E-state index contributed by atoms with van der Waals surface area (Å²) in [6, 6.07) is 5.08. The van der Waals surface area contributed by atoms with Gasteiger partial charge in [0.15, 0.2) is 6.61 Å². The fourth-order valence-electron chi connectivity index (χ4n) is 0.931. The van der Waals surface area contributed by atoms with Gasteiger partial charge in [0, 0.05) is 5.02 Å². The molecule has 0 atom stereocenters. The van der Waals surface area contributed by atoms with E-state index in [0.29, 0.717) is 10.8 Å². The van der Waals surface area contributed by atoms with Crippen LogP contribution >= 0.6 is 11.6 Å². The molecule has 3 nitrogen and oxygen atoms in total. The van der Waals surface area contributed by atoms with Gasteiger partial charge < -0.3 is 9.84 Å². The Hall–Kier alpha value is -1.22. The molecule has 0 amide bonds. The zero-order valence-corrected chi connectivity index (χ0v) is 7.84. The van der Waals surface area contributed by atoms with Crippen LogP contribution in [-0.4, -0.2) is 17.7 Å². The second-order valence-corrected chi connectivity index (χ2v) is 3.08. The molecule has 0 saturated carbocycles. The number of halogens is 1. The lowest BCUT2D eigenvalue weighted by Crippen LogP contribution is -2.09. The van der Waals surface area contributed by atoms with Crippen LogP contribution < -0.4 is 4.74 Å². The average Bonchev–Trinajstić information content (AvgIpc) is 1.99. The molecule has 0 aliphatic rings. The fourth-order valence-corrected chi connectivity index (χ4v) is 1.21. The Bertz CT molecular complexity index is 302. The SMILES string of the molecule is Cc1cc(Cl)cc(OCC(=O)O)c1. The van der Waals surface area contributed by atoms with Gasteiger partial charge in [-0.3, -0.25) is 0 Å². The Morgan fingerprint density at radius 2 is 2.23 bits per heavy atom. The third-order valence-corrected chi connectivity index (χ3v) is 1.60. The van der Waals surface area contributed by atoms with Crippen LogP contribution in [0.4, 0.5) is 0 Å². The number of carboxylic acid groups (broad SMARTS) is 1. The molecule has 1 aromatic carbocycles. The molecule has 0 radical (unpaired) electrons. The van der Waals surface area contributed by atoms with Gasteiger partial charge >= 0.3 is 5.97 Å². The maximum atomic E-state index is 10.2. The third kappa shape index (κ3) is 3.34. The third-order valence-electron chi connectivity index (χ3n) is 1.38. The number of hydrogen-bond donors (Lipinski definition) is 1. The van der Waals surface area contributed by atoms with Gasteiger partial charge in [0.25, 0.3) is 0 Å². The van der Waals surface area contributed by atoms with Gasteiger partial charge in [-0.1, -0.05) is 11.6 Å². The largest absolute Gasteiger partial charge is 0.482 e. The van der Waals surface area contributed by atoms with Crippen LogP contribution in [0.25, 0.3) is 0 Å². The van der Waals surface area contributed by atoms with Gasteiger partial charge in [0.2, 0.25) is 0 Å². The molecule has 0 heterocycles. The van der Waals surface area contributed by atoms with Crippen LogP contribution in [0.2, 0.25) is 5.02 Å². The zero-order chi connectivity index (χ0) is 9.84. The Morgan fingerprint density at radius 1 is 1.54 bits per heavy atom. The molecule has 0 aliphatic heterocycles. The number of carbonyl (C=O) groups is 1. The Morgan fingerprint density at radius 3 is 2.77 bits per heavy atom. The summed E-state index contributed by atoms with van der Waals surface area (Å²) < 4.78 is 4.95. The van der Waals surface area contributed by atoms with Crippen LogP contribution in [0, 0.1) is 6.92 Å². The first-order valence-electron chi connectivity index (χ1n) is 3.70. The molecule has 4 heteroatoms. The van der Waals surface area contributed by atoms with E-state index in [4.69, 9.17) is 21.4 Å². The predicted octanol–water partition coefficient (Wildman–Crippen LogP) is 2.11. The summed E-state index contributed by atoms with van der Waals surface area (Å²) >= 11 is 5.74. The maximum absolute atomic E-state index is 10.2. The zero-order valence-electron chi connectivity index (χ0n) is 7.08. The number of hydrogen-bond acceptors (Lipinski definition) is 2. The van der Waals surface area contributed by atoms with E-state index in [1.54, 1.807) is 18.2 Å². The van der Waals surface area contributed by atoms with E-state index in [0.717, 1.165) is 5.56 Å². The predicted molar refractivity (Wildman–Crippen MR) is 49.3 cm³/mol. The van der Waals surface area contributed by atoms with E-state index in [2.05, 4.69) is 0 Å². The van der Waals surface area contributed by atoms with E-state index in [1.165, 1.54) is 0 Å². The van der Waals surface area contributed by atoms with Crippen molar-refractivity contribution in [3.05, 3.63) is 28.8 Å². The van der Waals surface area contributed by atoms with Crippen molar-refractivity contribution in [2.45, 2.75) is 6.92 Å². The normalized spacial score (nSPS) is 9.69. The Kier molecular flexibility index (Phi) is 3.14. The van der Waals surface area contributed by atoms with Gasteiger partial charge in [-0.15, -0.1) is 0 Å². The van der Waals surface area contributed by atoms with Crippen molar-refractivity contribution < 1.29 is 14.6 Å². The van der Waals surface area contributed by atoms with Gasteiger partial charge in [0.1, 0.15) is 5.75 Å². The summed E-state index contributed by atoms with van der Waals surface area (Å²) in [4.78, 5) is 10.2. The van der Waals surface area contributed by atoms with Gasteiger partial charge in [-0.25, -0.2) is 4.79 Å². The van der Waals surface area contributed by atoms with Crippen molar-refractivity contribution in [3.8, 4) is 5.75 Å². The molecular weight excluding hydrogens is 192 g/mol. The summed E-state index contributed by atoms with van der Waals surface area (Å²) in [5.41, 5.74) is 0.938. The molecule has 0 spiro atoms. The summed E-state index contributed by atoms with van der Waals surface area (Å²) in [6.45, 7) is 1.51. The summed E-state index contributed by atoms with van der Waals surface area (Å²) in [5.74, 6) is -0.523. The molecule has 1 aromatic rings. The minimum atomic E-state index is -1.00. The second kappa shape index (κ2) is 4.14. The summed E-state index contributed by atoms with van der Waals surface area (Å²) in [7, 11) is 0. The maximum Gasteiger partial charge on any atom is 0.341 e. The number of benzene rings is 1. The van der Waals surface area contributed by atoms with Gasteiger partial charge in [0.05, 0.1) is 0 Å².